The van der Waals surface area contributed by atoms with Gasteiger partial charge in [-0.25, -0.2) is 4.98 Å². The van der Waals surface area contributed by atoms with Crippen LogP contribution in [0.2, 0.25) is 0 Å². The molecule has 6 rings (SSSR count). The molecule has 0 atom stereocenters. The van der Waals surface area contributed by atoms with Crippen LogP contribution in [0.4, 0.5) is 11.8 Å². The summed E-state index contributed by atoms with van der Waals surface area (Å²) < 4.78 is 0. The fourth-order valence-electron chi connectivity index (χ4n) is 4.62. The van der Waals surface area contributed by atoms with E-state index in [4.69, 9.17) is 9.97 Å². The molecule has 27 heavy (non-hydrogen) atoms. The Hall–Kier alpha value is -2.62. The molecule has 3 heterocycles. The van der Waals surface area contributed by atoms with Gasteiger partial charge in [0.1, 0.15) is 5.82 Å². The number of benzene rings is 2. The second kappa shape index (κ2) is 7.18. The molecule has 2 aromatic carbocycles. The zero-order valence-electron chi connectivity index (χ0n) is 15.6. The van der Waals surface area contributed by atoms with E-state index in [9.17, 15) is 0 Å². The van der Waals surface area contributed by atoms with Crippen molar-refractivity contribution in [1.29, 1.82) is 0 Å². The molecule has 2 bridgehead atoms. The topological polar surface area (TPSA) is 41.1 Å². The van der Waals surface area contributed by atoms with E-state index in [0.29, 0.717) is 0 Å². The first kappa shape index (κ1) is 16.5. The lowest BCUT2D eigenvalue weighted by Gasteiger charge is -2.25. The predicted octanol–water partition coefficient (Wildman–Crippen LogP) is 4.87. The van der Waals surface area contributed by atoms with Gasteiger partial charge in [-0.15, -0.1) is 0 Å². The van der Waals surface area contributed by atoms with Gasteiger partial charge in [0.2, 0.25) is 5.95 Å². The molecule has 0 radical (unpaired) electrons. The first-order valence-electron chi connectivity index (χ1n) is 10.1. The van der Waals surface area contributed by atoms with Crippen LogP contribution in [0.3, 0.4) is 0 Å². The van der Waals surface area contributed by atoms with Crippen molar-refractivity contribution in [2.45, 2.75) is 32.2 Å². The van der Waals surface area contributed by atoms with E-state index >= 15 is 0 Å². The Balaban J connectivity index is 1.48. The molecular formula is C23H26N4. The van der Waals surface area contributed by atoms with E-state index in [0.717, 1.165) is 48.8 Å². The Bertz CT molecular complexity index is 902. The fourth-order valence-corrected chi connectivity index (χ4v) is 4.62. The van der Waals surface area contributed by atoms with Crippen LogP contribution in [-0.2, 0) is 6.54 Å². The Morgan fingerprint density at radius 2 is 1.48 bits per heavy atom. The number of anilines is 2. The van der Waals surface area contributed by atoms with Crippen LogP contribution in [0.5, 0.6) is 0 Å². The number of hydrogen-bond donors (Lipinski definition) is 1. The third-order valence-corrected chi connectivity index (χ3v) is 6.10. The van der Waals surface area contributed by atoms with Gasteiger partial charge >= 0.3 is 0 Å². The Morgan fingerprint density at radius 3 is 2.22 bits per heavy atom. The molecule has 3 fully saturated rings. The van der Waals surface area contributed by atoms with Gasteiger partial charge in [-0.1, -0.05) is 42.5 Å². The van der Waals surface area contributed by atoms with Gasteiger partial charge in [-0.05, 0) is 55.2 Å². The number of aromatic nitrogens is 2. The summed E-state index contributed by atoms with van der Waals surface area (Å²) in [6, 6.07) is 18.8. The van der Waals surface area contributed by atoms with Gasteiger partial charge in [-0.2, -0.15) is 4.98 Å². The molecular weight excluding hydrogens is 332 g/mol. The van der Waals surface area contributed by atoms with Crippen LogP contribution in [0.15, 0.2) is 54.6 Å². The highest BCUT2D eigenvalue weighted by atomic mass is 15.2. The number of para-hydroxylation sites is 1. The summed E-state index contributed by atoms with van der Waals surface area (Å²) in [5.41, 5.74) is 2.26. The lowest BCUT2D eigenvalue weighted by molar-refractivity contribution is 0.326. The van der Waals surface area contributed by atoms with Crippen molar-refractivity contribution < 1.29 is 0 Å². The summed E-state index contributed by atoms with van der Waals surface area (Å²) in [6.45, 7) is 3.01. The molecule has 4 nitrogen and oxygen atoms in total. The van der Waals surface area contributed by atoms with E-state index in [1.807, 2.05) is 6.07 Å². The molecule has 1 aliphatic carbocycles. The van der Waals surface area contributed by atoms with Crippen LogP contribution < -0.4 is 10.2 Å². The summed E-state index contributed by atoms with van der Waals surface area (Å²) >= 11 is 0. The minimum atomic E-state index is 0.726. The van der Waals surface area contributed by atoms with E-state index in [1.54, 1.807) is 0 Å². The first-order valence-corrected chi connectivity index (χ1v) is 10.1. The van der Waals surface area contributed by atoms with Gasteiger partial charge in [0.15, 0.2) is 0 Å². The van der Waals surface area contributed by atoms with Crippen molar-refractivity contribution in [3.63, 3.8) is 0 Å². The molecule has 0 spiro atoms. The molecule has 4 heteroatoms. The second-order valence-electron chi connectivity index (χ2n) is 8.02. The monoisotopic (exact) mass is 358 g/mol. The maximum absolute atomic E-state index is 4.98. The van der Waals surface area contributed by atoms with Crippen LogP contribution in [0.25, 0.3) is 10.9 Å². The van der Waals surface area contributed by atoms with Crippen LogP contribution >= 0.6 is 0 Å². The maximum Gasteiger partial charge on any atom is 0.225 e. The second-order valence-corrected chi connectivity index (χ2v) is 8.02. The molecule has 1 aromatic heterocycles. The number of hydrogen-bond acceptors (Lipinski definition) is 4. The quantitative estimate of drug-likeness (QED) is 0.722. The zero-order valence-corrected chi connectivity index (χ0v) is 15.6. The molecule has 2 aliphatic heterocycles. The van der Waals surface area contributed by atoms with Gasteiger partial charge in [0.05, 0.1) is 5.52 Å². The number of rotatable bonds is 4. The Labute approximate surface area is 160 Å². The maximum atomic E-state index is 4.98. The van der Waals surface area contributed by atoms with Gasteiger partial charge in [0, 0.05) is 25.0 Å². The van der Waals surface area contributed by atoms with E-state index in [2.05, 4.69) is 58.7 Å². The minimum Gasteiger partial charge on any atom is -0.355 e. The standard InChI is InChI=1S/C23H26N4/c1-2-6-17(7-3-1)14-24-23-25-21-9-5-4-8-20(21)22(26-23)27-15-18-10-11-19(16-27)13-12-18/h1-9,18-19H,10-16H2,(H,24,25,26). The number of nitrogens with zero attached hydrogens (tertiary/aromatic N) is 3. The summed E-state index contributed by atoms with van der Waals surface area (Å²) in [4.78, 5) is 12.3. The smallest absolute Gasteiger partial charge is 0.225 e. The average molecular weight is 358 g/mol. The van der Waals surface area contributed by atoms with E-state index in [1.165, 1.54) is 36.6 Å². The minimum absolute atomic E-state index is 0.726. The van der Waals surface area contributed by atoms with E-state index in [-0.39, 0.29) is 0 Å². The zero-order chi connectivity index (χ0) is 18.1. The number of nitrogens with one attached hydrogen (secondary N) is 1. The third-order valence-electron chi connectivity index (χ3n) is 6.10. The Morgan fingerprint density at radius 1 is 0.815 bits per heavy atom. The molecule has 138 valence electrons. The molecule has 0 amide bonds. The lowest BCUT2D eigenvalue weighted by Crippen LogP contribution is -2.29. The lowest BCUT2D eigenvalue weighted by atomic mass is 9.84. The molecule has 2 saturated heterocycles. The summed E-state index contributed by atoms with van der Waals surface area (Å²) in [7, 11) is 0. The number of fused-ring (bicyclic) bond motifs is 5. The molecule has 0 unspecified atom stereocenters. The predicted molar refractivity (Wildman–Crippen MR) is 111 cm³/mol. The van der Waals surface area contributed by atoms with E-state index < -0.39 is 0 Å². The third kappa shape index (κ3) is 3.48. The average Bonchev–Trinajstić information content (AvgIpc) is 3.06. The van der Waals surface area contributed by atoms with Crippen LogP contribution in [-0.4, -0.2) is 23.1 Å². The first-order chi connectivity index (χ1) is 13.3. The van der Waals surface area contributed by atoms with Crippen molar-refractivity contribution in [3.05, 3.63) is 60.2 Å². The van der Waals surface area contributed by atoms with Crippen molar-refractivity contribution in [3.8, 4) is 0 Å². The largest absolute Gasteiger partial charge is 0.355 e. The van der Waals surface area contributed by atoms with Crippen molar-refractivity contribution >= 4 is 22.7 Å². The highest BCUT2D eigenvalue weighted by molar-refractivity contribution is 5.90. The molecule has 3 aromatic rings. The summed E-state index contributed by atoms with van der Waals surface area (Å²) in [6.07, 6.45) is 5.51. The molecule has 1 N–H and O–H groups in total. The fraction of sp³-hybridized carbons (Fsp3) is 0.391. The van der Waals surface area contributed by atoms with Gasteiger partial charge in [-0.3, -0.25) is 0 Å². The molecule has 3 aliphatic rings. The highest BCUT2D eigenvalue weighted by Crippen LogP contribution is 2.37. The highest BCUT2D eigenvalue weighted by Gasteiger charge is 2.30. The van der Waals surface area contributed by atoms with Crippen molar-refractivity contribution in [2.24, 2.45) is 11.8 Å². The summed E-state index contributed by atoms with van der Waals surface area (Å²) in [5, 5.41) is 4.61. The molecule has 1 saturated carbocycles. The van der Waals surface area contributed by atoms with Crippen LogP contribution in [0.1, 0.15) is 31.2 Å². The SMILES string of the molecule is c1ccc(CNc2nc(N3CC4CCC(CC4)C3)c3ccccc3n2)cc1. The summed E-state index contributed by atoms with van der Waals surface area (Å²) in [5.74, 6) is 3.47. The van der Waals surface area contributed by atoms with Crippen molar-refractivity contribution in [1.82, 2.24) is 9.97 Å². The normalized spacial score (nSPS) is 22.0. The van der Waals surface area contributed by atoms with Crippen molar-refractivity contribution in [2.75, 3.05) is 23.3 Å². The van der Waals surface area contributed by atoms with Gasteiger partial charge in [0.25, 0.3) is 0 Å². The Kier molecular flexibility index (Phi) is 4.40. The van der Waals surface area contributed by atoms with Gasteiger partial charge < -0.3 is 10.2 Å². The van der Waals surface area contributed by atoms with Crippen LogP contribution in [0, 0.1) is 11.8 Å².